The van der Waals surface area contributed by atoms with Crippen LogP contribution in [0.1, 0.15) is 65.7 Å². The van der Waals surface area contributed by atoms with Crippen LogP contribution in [0.15, 0.2) is 36.4 Å². The van der Waals surface area contributed by atoms with Crippen LogP contribution >= 0.6 is 0 Å². The maximum absolute atomic E-state index is 14.5. The predicted molar refractivity (Wildman–Crippen MR) is 197 cm³/mol. The highest BCUT2D eigenvalue weighted by molar-refractivity contribution is 7.91. The van der Waals surface area contributed by atoms with Gasteiger partial charge in [-0.3, -0.25) is 19.1 Å². The molecule has 0 spiro atoms. The molecule has 4 amide bonds. The Kier molecular flexibility index (Phi) is 10.3. The summed E-state index contributed by atoms with van der Waals surface area (Å²) >= 11 is 0. The summed E-state index contributed by atoms with van der Waals surface area (Å²) in [6.45, 7) is 5.35. The Balaban J connectivity index is 1.36. The van der Waals surface area contributed by atoms with Gasteiger partial charge < -0.3 is 35.0 Å². The van der Waals surface area contributed by atoms with Crippen LogP contribution < -0.4 is 29.7 Å². The molecule has 4 aliphatic rings. The molecule has 3 fully saturated rings. The first-order valence-electron chi connectivity index (χ1n) is 18.1. The second-order valence-electron chi connectivity index (χ2n) is 15.7. The lowest BCUT2D eigenvalue weighted by atomic mass is 9.88. The zero-order valence-corrected chi connectivity index (χ0v) is 31.9. The molecule has 1 aromatic heterocycles. The number of pyridine rings is 1. The Hall–Kier alpha value is -4.60. The summed E-state index contributed by atoms with van der Waals surface area (Å²) in [4.78, 5) is 62.6. The number of amides is 4. The standard InChI is InChI=1S/C37H50N6O9S/c1-21-9-7-8-10-24-19-37(24,34(46)41-53(49,50)36(3)13-14-36)40-31(44)28-18-26(20-43(28)33(45)30(22(2)15-21)39-35(47)48)52-32-27-12-11-25(51-6)16-23(27)17-29(38-32)42(4)5/h8,10-12,16-17,21-22,24,26,28,30,39H,7,9,13-15,18-20H2,1-6H3,(H,40,44)(H,41,46)(H,47,48)/b10-8-/t21-,22-,24?,26-,28+,30+,37?/m1/s1. The van der Waals surface area contributed by atoms with Crippen LogP contribution in [0.5, 0.6) is 11.6 Å². The minimum absolute atomic E-state index is 0.00223. The van der Waals surface area contributed by atoms with Gasteiger partial charge >= 0.3 is 6.09 Å². The Labute approximate surface area is 309 Å². The fourth-order valence-corrected chi connectivity index (χ4v) is 8.84. The van der Waals surface area contributed by atoms with E-state index in [1.54, 1.807) is 20.1 Å². The average molecular weight is 755 g/mol. The molecule has 6 rings (SSSR count). The van der Waals surface area contributed by atoms with Gasteiger partial charge in [-0.15, -0.1) is 0 Å². The van der Waals surface area contributed by atoms with E-state index < -0.39 is 74.1 Å². The number of rotatable bonds is 8. The summed E-state index contributed by atoms with van der Waals surface area (Å²) in [6.07, 6.45) is 4.62. The van der Waals surface area contributed by atoms with Gasteiger partial charge in [0.2, 0.25) is 27.7 Å². The average Bonchev–Trinajstić information content (AvgIpc) is 3.98. The fraction of sp³-hybridized carbons (Fsp3) is 0.595. The van der Waals surface area contributed by atoms with Crippen LogP contribution in [0.3, 0.4) is 0 Å². The molecule has 16 heteroatoms. The van der Waals surface area contributed by atoms with Crippen molar-refractivity contribution >= 4 is 50.4 Å². The van der Waals surface area contributed by atoms with Crippen molar-refractivity contribution in [2.45, 2.75) is 94.2 Å². The molecule has 3 heterocycles. The number of nitrogens with zero attached hydrogens (tertiary/aromatic N) is 3. The Morgan fingerprint density at radius 1 is 1.13 bits per heavy atom. The number of benzene rings is 1. The molecule has 15 nitrogen and oxygen atoms in total. The van der Waals surface area contributed by atoms with E-state index in [1.807, 2.05) is 63.2 Å². The predicted octanol–water partition coefficient (Wildman–Crippen LogP) is 3.18. The zero-order chi connectivity index (χ0) is 38.5. The number of hydrogen-bond donors (Lipinski definition) is 4. The SMILES string of the molecule is COc1ccc2c(O[C@@H]3C[C@H]4C(=O)NC5(C(=O)NS(=O)(=O)C6(C)CC6)CC5/C=C\CC[C@@H](C)C[C@@H](C)[C@H](NC(=O)O)C(=O)N4C3)nc(N(C)C)cc2c1. The quantitative estimate of drug-likeness (QED) is 0.289. The van der Waals surface area contributed by atoms with Gasteiger partial charge in [0.05, 0.1) is 18.4 Å². The smallest absolute Gasteiger partial charge is 0.405 e. The maximum atomic E-state index is 14.5. The Morgan fingerprint density at radius 3 is 2.53 bits per heavy atom. The van der Waals surface area contributed by atoms with Crippen LogP contribution in [0.2, 0.25) is 0 Å². The van der Waals surface area contributed by atoms with Crippen molar-refractivity contribution < 1.29 is 42.2 Å². The molecular weight excluding hydrogens is 705 g/mol. The molecule has 4 N–H and O–H groups in total. The number of hydrogen-bond acceptors (Lipinski definition) is 10. The molecular formula is C37H50N6O9S. The highest BCUT2D eigenvalue weighted by Crippen LogP contribution is 2.47. The van der Waals surface area contributed by atoms with Crippen molar-refractivity contribution in [3.63, 3.8) is 0 Å². The second kappa shape index (κ2) is 14.3. The van der Waals surface area contributed by atoms with Crippen molar-refractivity contribution in [2.24, 2.45) is 17.8 Å². The molecule has 53 heavy (non-hydrogen) atoms. The van der Waals surface area contributed by atoms with Gasteiger partial charge in [0.15, 0.2) is 0 Å². The van der Waals surface area contributed by atoms with E-state index in [9.17, 15) is 32.7 Å². The third-order valence-electron chi connectivity index (χ3n) is 11.3. The lowest BCUT2D eigenvalue weighted by Gasteiger charge is -2.32. The molecule has 2 saturated carbocycles. The van der Waals surface area contributed by atoms with Crippen molar-refractivity contribution in [3.05, 3.63) is 36.4 Å². The molecule has 2 aliphatic heterocycles. The summed E-state index contributed by atoms with van der Waals surface area (Å²) in [5, 5.41) is 16.5. The van der Waals surface area contributed by atoms with E-state index in [4.69, 9.17) is 14.5 Å². The van der Waals surface area contributed by atoms with Gasteiger partial charge in [0.1, 0.15) is 35.3 Å². The van der Waals surface area contributed by atoms with Gasteiger partial charge in [-0.05, 0) is 86.9 Å². The van der Waals surface area contributed by atoms with E-state index >= 15 is 0 Å². The molecule has 1 saturated heterocycles. The number of ether oxygens (including phenoxy) is 2. The molecule has 288 valence electrons. The van der Waals surface area contributed by atoms with Crippen LogP contribution in [-0.2, 0) is 24.4 Å². The number of carbonyl (C=O) groups is 4. The zero-order valence-electron chi connectivity index (χ0n) is 31.0. The molecule has 0 radical (unpaired) electrons. The number of carboxylic acid groups (broad SMARTS) is 1. The van der Waals surface area contributed by atoms with Crippen molar-refractivity contribution in [3.8, 4) is 11.6 Å². The minimum atomic E-state index is -4.01. The largest absolute Gasteiger partial charge is 0.497 e. The summed E-state index contributed by atoms with van der Waals surface area (Å²) in [5.74, 6) is -1.32. The van der Waals surface area contributed by atoms with Crippen LogP contribution in [0, 0.1) is 17.8 Å². The number of nitrogens with one attached hydrogen (secondary N) is 3. The topological polar surface area (TPSA) is 197 Å². The number of carbonyl (C=O) groups excluding carboxylic acids is 3. The summed E-state index contributed by atoms with van der Waals surface area (Å²) < 4.78 is 39.4. The van der Waals surface area contributed by atoms with Crippen LogP contribution in [0.4, 0.5) is 10.6 Å². The van der Waals surface area contributed by atoms with E-state index in [2.05, 4.69) is 15.4 Å². The van der Waals surface area contributed by atoms with E-state index in [1.165, 1.54) is 4.90 Å². The molecule has 7 atom stereocenters. The van der Waals surface area contributed by atoms with Crippen molar-refractivity contribution in [2.75, 3.05) is 32.6 Å². The summed E-state index contributed by atoms with van der Waals surface area (Å²) in [5.41, 5.74) is -1.55. The van der Waals surface area contributed by atoms with Crippen LogP contribution in [-0.4, -0.2) is 103 Å². The fourth-order valence-electron chi connectivity index (χ4n) is 7.52. The van der Waals surface area contributed by atoms with Crippen molar-refractivity contribution in [1.82, 2.24) is 25.2 Å². The van der Waals surface area contributed by atoms with Gasteiger partial charge in [-0.25, -0.2) is 13.2 Å². The molecule has 1 aromatic carbocycles. The maximum Gasteiger partial charge on any atom is 0.405 e. The van der Waals surface area contributed by atoms with Gasteiger partial charge in [0, 0.05) is 31.8 Å². The Bertz CT molecular complexity index is 1930. The molecule has 2 aliphatic carbocycles. The Morgan fingerprint density at radius 2 is 1.87 bits per heavy atom. The number of fused-ring (bicyclic) bond motifs is 3. The summed E-state index contributed by atoms with van der Waals surface area (Å²) in [6, 6.07) is 5.00. The van der Waals surface area contributed by atoms with Crippen LogP contribution in [0.25, 0.3) is 10.8 Å². The first kappa shape index (κ1) is 38.1. The normalized spacial score (nSPS) is 30.4. The lowest BCUT2D eigenvalue weighted by molar-refractivity contribution is -0.142. The first-order valence-corrected chi connectivity index (χ1v) is 19.6. The number of allylic oxidation sites excluding steroid dienone is 1. The third-order valence-corrected chi connectivity index (χ3v) is 13.4. The monoisotopic (exact) mass is 754 g/mol. The van der Waals surface area contributed by atoms with Crippen molar-refractivity contribution in [1.29, 1.82) is 0 Å². The highest BCUT2D eigenvalue weighted by Gasteiger charge is 2.63. The van der Waals surface area contributed by atoms with E-state index in [0.29, 0.717) is 42.6 Å². The lowest BCUT2D eigenvalue weighted by Crippen LogP contribution is -2.59. The first-order chi connectivity index (χ1) is 25.0. The third kappa shape index (κ3) is 7.73. The van der Waals surface area contributed by atoms with Gasteiger partial charge in [-0.2, -0.15) is 4.98 Å². The van der Waals surface area contributed by atoms with E-state index in [-0.39, 0.29) is 31.2 Å². The minimum Gasteiger partial charge on any atom is -0.497 e. The van der Waals surface area contributed by atoms with Gasteiger partial charge in [-0.1, -0.05) is 26.0 Å². The summed E-state index contributed by atoms with van der Waals surface area (Å²) in [7, 11) is 1.25. The molecule has 0 bridgehead atoms. The number of methoxy groups -OCH3 is 1. The number of aromatic nitrogens is 1. The number of anilines is 1. The van der Waals surface area contributed by atoms with Gasteiger partial charge in [0.25, 0.3) is 5.91 Å². The molecule has 2 unspecified atom stereocenters. The second-order valence-corrected chi connectivity index (χ2v) is 17.9. The molecule has 2 aromatic rings. The highest BCUT2D eigenvalue weighted by atomic mass is 32.2. The number of sulfonamides is 1. The van der Waals surface area contributed by atoms with E-state index in [0.717, 1.165) is 11.8 Å².